The number of sulfonamides is 1. The van der Waals surface area contributed by atoms with Gasteiger partial charge in [-0.1, -0.05) is 23.2 Å². The number of anilines is 1. The number of primary sulfonamides is 1. The summed E-state index contributed by atoms with van der Waals surface area (Å²) in [5, 5.41) is 8.30. The van der Waals surface area contributed by atoms with E-state index in [9.17, 15) is 13.2 Å². The number of carbonyl (C=O) groups excluding carboxylic acids is 1. The molecule has 0 aliphatic rings. The van der Waals surface area contributed by atoms with Gasteiger partial charge in [-0.05, 0) is 42.5 Å². The van der Waals surface area contributed by atoms with Crippen LogP contribution < -0.4 is 10.5 Å². The number of nitrogens with one attached hydrogen (secondary N) is 1. The maximum Gasteiger partial charge on any atom is 0.255 e. The van der Waals surface area contributed by atoms with Crippen LogP contribution in [-0.2, 0) is 10.0 Å². The summed E-state index contributed by atoms with van der Waals surface area (Å²) in [7, 11) is -3.78. The zero-order valence-corrected chi connectivity index (χ0v) is 12.8. The summed E-state index contributed by atoms with van der Waals surface area (Å²) in [4.78, 5) is 11.9. The smallest absolute Gasteiger partial charge is 0.255 e. The SMILES string of the molecule is NS(=O)(=O)c1ccc(C(=O)Nc2ccc(Cl)c(Cl)c2)cc1. The molecule has 2 aromatic rings. The third-order valence-corrected chi connectivity index (χ3v) is 4.29. The lowest BCUT2D eigenvalue weighted by Gasteiger charge is -2.07. The molecule has 110 valence electrons. The fourth-order valence-electron chi connectivity index (χ4n) is 1.57. The minimum atomic E-state index is -3.78. The first-order valence-electron chi connectivity index (χ1n) is 5.66. The Hall–Kier alpha value is -1.60. The molecule has 5 nitrogen and oxygen atoms in total. The van der Waals surface area contributed by atoms with Crippen molar-refractivity contribution in [3.63, 3.8) is 0 Å². The second kappa shape index (κ2) is 6.03. The Kier molecular flexibility index (Phi) is 4.53. The summed E-state index contributed by atoms with van der Waals surface area (Å²) in [5.74, 6) is -0.408. The van der Waals surface area contributed by atoms with E-state index in [4.69, 9.17) is 28.3 Å². The van der Waals surface area contributed by atoms with Gasteiger partial charge in [0.25, 0.3) is 5.91 Å². The molecule has 8 heteroatoms. The molecule has 3 N–H and O–H groups in total. The Morgan fingerprint density at radius 2 is 1.62 bits per heavy atom. The molecule has 0 saturated carbocycles. The van der Waals surface area contributed by atoms with Crippen molar-refractivity contribution in [2.24, 2.45) is 5.14 Å². The highest BCUT2D eigenvalue weighted by atomic mass is 35.5. The Balaban J connectivity index is 2.18. The molecule has 0 spiro atoms. The standard InChI is InChI=1S/C13H10Cl2N2O3S/c14-11-6-3-9(7-12(11)15)17-13(18)8-1-4-10(5-2-8)21(16,19)20/h1-7H,(H,17,18)(H2,16,19,20). The summed E-state index contributed by atoms with van der Waals surface area (Å²) in [6, 6.07) is 9.94. The average molecular weight is 345 g/mol. The molecular formula is C13H10Cl2N2O3S. The van der Waals surface area contributed by atoms with Crippen molar-refractivity contribution in [2.45, 2.75) is 4.90 Å². The largest absolute Gasteiger partial charge is 0.322 e. The predicted molar refractivity (Wildman–Crippen MR) is 82.2 cm³/mol. The molecule has 0 radical (unpaired) electrons. The third-order valence-electron chi connectivity index (χ3n) is 2.62. The monoisotopic (exact) mass is 344 g/mol. The van der Waals surface area contributed by atoms with Crippen molar-refractivity contribution in [3.05, 3.63) is 58.1 Å². The Morgan fingerprint density at radius 3 is 2.14 bits per heavy atom. The van der Waals surface area contributed by atoms with E-state index in [0.29, 0.717) is 15.7 Å². The highest BCUT2D eigenvalue weighted by Crippen LogP contribution is 2.25. The first-order valence-corrected chi connectivity index (χ1v) is 7.97. The molecule has 0 atom stereocenters. The lowest BCUT2D eigenvalue weighted by atomic mass is 10.2. The zero-order chi connectivity index (χ0) is 15.6. The van der Waals surface area contributed by atoms with Crippen molar-refractivity contribution in [1.29, 1.82) is 0 Å². The summed E-state index contributed by atoms with van der Waals surface area (Å²) < 4.78 is 22.2. The molecule has 0 saturated heterocycles. The minimum absolute atomic E-state index is 0.0615. The van der Waals surface area contributed by atoms with E-state index in [2.05, 4.69) is 5.32 Å². The lowest BCUT2D eigenvalue weighted by molar-refractivity contribution is 0.102. The van der Waals surface area contributed by atoms with Gasteiger partial charge in [-0.3, -0.25) is 4.79 Å². The van der Waals surface area contributed by atoms with Crippen LogP contribution in [0.15, 0.2) is 47.4 Å². The zero-order valence-electron chi connectivity index (χ0n) is 10.5. The van der Waals surface area contributed by atoms with Crippen LogP contribution in [-0.4, -0.2) is 14.3 Å². The summed E-state index contributed by atoms with van der Waals surface area (Å²) in [5.41, 5.74) is 0.762. The fourth-order valence-corrected chi connectivity index (χ4v) is 2.39. The van der Waals surface area contributed by atoms with Crippen molar-refractivity contribution in [1.82, 2.24) is 0 Å². The van der Waals surface area contributed by atoms with E-state index in [1.54, 1.807) is 12.1 Å². The maximum absolute atomic E-state index is 12.0. The van der Waals surface area contributed by atoms with Gasteiger partial charge < -0.3 is 5.32 Å². The predicted octanol–water partition coefficient (Wildman–Crippen LogP) is 2.89. The molecule has 1 amide bonds. The number of hydrogen-bond acceptors (Lipinski definition) is 3. The summed E-state index contributed by atoms with van der Waals surface area (Å²) in [6.07, 6.45) is 0. The van der Waals surface area contributed by atoms with Crippen LogP contribution in [0.5, 0.6) is 0 Å². The van der Waals surface area contributed by atoms with Crippen LogP contribution >= 0.6 is 23.2 Å². The maximum atomic E-state index is 12.0. The van der Waals surface area contributed by atoms with Crippen molar-refractivity contribution >= 4 is 44.8 Å². The van der Waals surface area contributed by atoms with Gasteiger partial charge in [-0.25, -0.2) is 13.6 Å². The van der Waals surface area contributed by atoms with Crippen LogP contribution in [0, 0.1) is 0 Å². The number of amides is 1. The van der Waals surface area contributed by atoms with Crippen LogP contribution in [0.3, 0.4) is 0 Å². The Bertz CT molecular complexity index is 790. The van der Waals surface area contributed by atoms with E-state index in [0.717, 1.165) is 0 Å². The topological polar surface area (TPSA) is 89.3 Å². The van der Waals surface area contributed by atoms with E-state index in [1.807, 2.05) is 0 Å². The first-order chi connectivity index (χ1) is 9.77. The molecule has 0 aliphatic heterocycles. The lowest BCUT2D eigenvalue weighted by Crippen LogP contribution is -2.14. The normalized spacial score (nSPS) is 11.2. The van der Waals surface area contributed by atoms with E-state index in [1.165, 1.54) is 30.3 Å². The highest BCUT2D eigenvalue weighted by molar-refractivity contribution is 7.89. The van der Waals surface area contributed by atoms with Gasteiger partial charge in [0.2, 0.25) is 10.0 Å². The van der Waals surface area contributed by atoms with Gasteiger partial charge in [0.05, 0.1) is 14.9 Å². The number of benzene rings is 2. The molecular weight excluding hydrogens is 335 g/mol. The quantitative estimate of drug-likeness (QED) is 0.896. The summed E-state index contributed by atoms with van der Waals surface area (Å²) in [6.45, 7) is 0. The number of nitrogens with two attached hydrogens (primary N) is 1. The van der Waals surface area contributed by atoms with Crippen molar-refractivity contribution < 1.29 is 13.2 Å². The molecule has 0 fully saturated rings. The highest BCUT2D eigenvalue weighted by Gasteiger charge is 2.11. The molecule has 0 heterocycles. The molecule has 21 heavy (non-hydrogen) atoms. The number of carbonyl (C=O) groups is 1. The number of hydrogen-bond donors (Lipinski definition) is 2. The van der Waals surface area contributed by atoms with Gasteiger partial charge in [0, 0.05) is 11.3 Å². The molecule has 2 aromatic carbocycles. The fraction of sp³-hybridized carbons (Fsp3) is 0. The molecule has 0 bridgehead atoms. The van der Waals surface area contributed by atoms with Gasteiger partial charge >= 0.3 is 0 Å². The second-order valence-corrected chi connectivity index (χ2v) is 6.53. The number of rotatable bonds is 3. The molecule has 0 aliphatic carbocycles. The van der Waals surface area contributed by atoms with Crippen LogP contribution in [0.1, 0.15) is 10.4 Å². The van der Waals surface area contributed by atoms with Crippen LogP contribution in [0.2, 0.25) is 10.0 Å². The van der Waals surface area contributed by atoms with Crippen molar-refractivity contribution in [3.8, 4) is 0 Å². The van der Waals surface area contributed by atoms with E-state index < -0.39 is 15.9 Å². The van der Waals surface area contributed by atoms with Gasteiger partial charge in [-0.2, -0.15) is 0 Å². The van der Waals surface area contributed by atoms with Gasteiger partial charge in [0.1, 0.15) is 0 Å². The molecule has 0 unspecified atom stereocenters. The summed E-state index contributed by atoms with van der Waals surface area (Å²) >= 11 is 11.6. The number of halogens is 2. The van der Waals surface area contributed by atoms with Gasteiger partial charge in [0.15, 0.2) is 0 Å². The molecule has 0 aromatic heterocycles. The minimum Gasteiger partial charge on any atom is -0.322 e. The second-order valence-electron chi connectivity index (χ2n) is 4.15. The third kappa shape index (κ3) is 3.95. The Labute approximate surface area is 131 Å². The van der Waals surface area contributed by atoms with E-state index >= 15 is 0 Å². The molecule has 2 rings (SSSR count). The Morgan fingerprint density at radius 1 is 1.00 bits per heavy atom. The average Bonchev–Trinajstić information content (AvgIpc) is 2.42. The van der Waals surface area contributed by atoms with Crippen LogP contribution in [0.25, 0.3) is 0 Å². The van der Waals surface area contributed by atoms with Crippen molar-refractivity contribution in [2.75, 3.05) is 5.32 Å². The van der Waals surface area contributed by atoms with E-state index in [-0.39, 0.29) is 10.5 Å². The van der Waals surface area contributed by atoms with Gasteiger partial charge in [-0.15, -0.1) is 0 Å². The first kappa shape index (κ1) is 15.8. The van der Waals surface area contributed by atoms with Crippen LogP contribution in [0.4, 0.5) is 5.69 Å².